The Bertz CT molecular complexity index is 1200. The van der Waals surface area contributed by atoms with Gasteiger partial charge in [-0.15, -0.1) is 0 Å². The van der Waals surface area contributed by atoms with Crippen molar-refractivity contribution in [2.24, 2.45) is 22.2 Å². The summed E-state index contributed by atoms with van der Waals surface area (Å²) in [5.74, 6) is 5.02. The quantitative estimate of drug-likeness (QED) is 0.151. The SMILES string of the molecule is C=C(C(Nc1ccc2[nH]cnc2c1)c1ccc(CC)cc1)N(/N=N\N)C1CCCCC1C(=O)OCC. The van der Waals surface area contributed by atoms with E-state index in [0.29, 0.717) is 12.3 Å². The maximum absolute atomic E-state index is 12.8. The summed E-state index contributed by atoms with van der Waals surface area (Å²) in [6.07, 6.45) is 6.06. The van der Waals surface area contributed by atoms with Crippen LogP contribution in [0.2, 0.25) is 0 Å². The number of carbonyl (C=O) groups excluding carboxylic acids is 1. The predicted octanol–water partition coefficient (Wildman–Crippen LogP) is 5.46. The van der Waals surface area contributed by atoms with Crippen molar-refractivity contribution in [1.29, 1.82) is 0 Å². The monoisotopic (exact) mass is 489 g/mol. The van der Waals surface area contributed by atoms with Gasteiger partial charge in [-0.05, 0) is 60.7 Å². The Hall–Kier alpha value is -3.88. The highest BCUT2D eigenvalue weighted by atomic mass is 16.5. The first-order chi connectivity index (χ1) is 17.5. The summed E-state index contributed by atoms with van der Waals surface area (Å²) >= 11 is 0. The molecule has 1 saturated carbocycles. The summed E-state index contributed by atoms with van der Waals surface area (Å²) in [6, 6.07) is 13.8. The Morgan fingerprint density at radius 3 is 2.75 bits per heavy atom. The van der Waals surface area contributed by atoms with Crippen LogP contribution >= 0.6 is 0 Å². The van der Waals surface area contributed by atoms with E-state index in [-0.39, 0.29) is 24.0 Å². The molecule has 0 spiro atoms. The Morgan fingerprint density at radius 1 is 1.25 bits per heavy atom. The fraction of sp³-hybridized carbons (Fsp3) is 0.407. The number of aryl methyl sites for hydroxylation is 1. The Balaban J connectivity index is 1.70. The van der Waals surface area contributed by atoms with E-state index >= 15 is 0 Å². The van der Waals surface area contributed by atoms with Gasteiger partial charge in [-0.1, -0.05) is 55.8 Å². The second-order valence-electron chi connectivity index (χ2n) is 9.06. The number of aromatic amines is 1. The predicted molar refractivity (Wildman–Crippen MR) is 141 cm³/mol. The van der Waals surface area contributed by atoms with Crippen molar-refractivity contribution in [3.8, 4) is 0 Å². The average Bonchev–Trinajstić information content (AvgIpc) is 3.38. The normalized spacial score (nSPS) is 18.7. The van der Waals surface area contributed by atoms with Gasteiger partial charge >= 0.3 is 5.97 Å². The van der Waals surface area contributed by atoms with E-state index in [0.717, 1.165) is 54.4 Å². The molecule has 1 fully saturated rings. The lowest BCUT2D eigenvalue weighted by molar-refractivity contribution is -0.151. The zero-order valence-electron chi connectivity index (χ0n) is 21.0. The van der Waals surface area contributed by atoms with Gasteiger partial charge in [0.2, 0.25) is 0 Å². The minimum Gasteiger partial charge on any atom is -0.466 e. The summed E-state index contributed by atoms with van der Waals surface area (Å²) < 4.78 is 5.39. The summed E-state index contributed by atoms with van der Waals surface area (Å²) in [6.45, 7) is 8.73. The number of nitrogens with zero attached hydrogens (tertiary/aromatic N) is 4. The number of carbonyl (C=O) groups is 1. The fourth-order valence-corrected chi connectivity index (χ4v) is 4.95. The van der Waals surface area contributed by atoms with Gasteiger partial charge in [-0.25, -0.2) is 9.99 Å². The highest BCUT2D eigenvalue weighted by Gasteiger charge is 2.38. The maximum atomic E-state index is 12.8. The van der Waals surface area contributed by atoms with E-state index in [1.165, 1.54) is 5.56 Å². The summed E-state index contributed by atoms with van der Waals surface area (Å²) in [7, 11) is 0. The van der Waals surface area contributed by atoms with E-state index in [4.69, 9.17) is 10.6 Å². The van der Waals surface area contributed by atoms with E-state index in [2.05, 4.69) is 63.5 Å². The molecule has 190 valence electrons. The number of anilines is 1. The number of ether oxygens (including phenoxy) is 1. The molecule has 1 aliphatic carbocycles. The van der Waals surface area contributed by atoms with Crippen LogP contribution in [0, 0.1) is 5.92 Å². The highest BCUT2D eigenvalue weighted by Crippen LogP contribution is 2.37. The molecule has 4 rings (SSSR count). The summed E-state index contributed by atoms with van der Waals surface area (Å²) in [4.78, 5) is 20.3. The first-order valence-corrected chi connectivity index (χ1v) is 12.6. The molecule has 36 heavy (non-hydrogen) atoms. The lowest BCUT2D eigenvalue weighted by Crippen LogP contribution is -2.44. The highest BCUT2D eigenvalue weighted by molar-refractivity contribution is 5.79. The third kappa shape index (κ3) is 5.50. The molecule has 0 radical (unpaired) electrons. The van der Waals surface area contributed by atoms with E-state index in [1.807, 2.05) is 25.1 Å². The van der Waals surface area contributed by atoms with Crippen LogP contribution in [0.15, 0.2) is 71.5 Å². The van der Waals surface area contributed by atoms with Crippen LogP contribution in [-0.4, -0.2) is 33.6 Å². The summed E-state index contributed by atoms with van der Waals surface area (Å²) in [5, 5.41) is 13.2. The van der Waals surface area contributed by atoms with Crippen molar-refractivity contribution in [2.45, 2.75) is 58.0 Å². The molecule has 0 saturated heterocycles. The number of esters is 1. The second-order valence-corrected chi connectivity index (χ2v) is 9.06. The number of benzene rings is 2. The first kappa shape index (κ1) is 25.2. The van der Waals surface area contributed by atoms with Crippen molar-refractivity contribution < 1.29 is 9.53 Å². The number of H-pyrrole nitrogens is 1. The van der Waals surface area contributed by atoms with Gasteiger partial charge in [0.25, 0.3) is 0 Å². The zero-order valence-corrected chi connectivity index (χ0v) is 21.0. The van der Waals surface area contributed by atoms with E-state index in [9.17, 15) is 4.79 Å². The topological polar surface area (TPSA) is 121 Å². The number of imidazole rings is 1. The fourth-order valence-electron chi connectivity index (χ4n) is 4.95. The van der Waals surface area contributed by atoms with Crippen molar-refractivity contribution in [1.82, 2.24) is 15.0 Å². The molecule has 3 unspecified atom stereocenters. The second kappa shape index (κ2) is 11.7. The molecule has 2 aromatic carbocycles. The molecular formula is C27H35N7O2. The van der Waals surface area contributed by atoms with Crippen LogP contribution in [0.4, 0.5) is 5.69 Å². The molecule has 9 heteroatoms. The molecule has 1 aromatic heterocycles. The first-order valence-electron chi connectivity index (χ1n) is 12.6. The number of hydrogen-bond acceptors (Lipinski definition) is 6. The number of nitrogens with two attached hydrogens (primary N) is 1. The van der Waals surface area contributed by atoms with Gasteiger partial charge in [0.1, 0.15) is 0 Å². The van der Waals surface area contributed by atoms with Crippen molar-refractivity contribution in [2.75, 3.05) is 11.9 Å². The van der Waals surface area contributed by atoms with Crippen LogP contribution in [-0.2, 0) is 16.0 Å². The van der Waals surface area contributed by atoms with Crippen LogP contribution in [0.5, 0.6) is 0 Å². The third-order valence-corrected chi connectivity index (χ3v) is 6.86. The number of rotatable bonds is 10. The van der Waals surface area contributed by atoms with Gasteiger partial charge in [0, 0.05) is 5.69 Å². The van der Waals surface area contributed by atoms with Gasteiger partial charge in [-0.2, -0.15) is 0 Å². The molecule has 0 bridgehead atoms. The molecule has 0 amide bonds. The molecule has 4 N–H and O–H groups in total. The molecule has 1 aliphatic rings. The number of fused-ring (bicyclic) bond motifs is 1. The lowest BCUT2D eigenvalue weighted by Gasteiger charge is -2.39. The molecule has 3 atom stereocenters. The minimum atomic E-state index is -0.345. The molecule has 0 aliphatic heterocycles. The van der Waals surface area contributed by atoms with Crippen molar-refractivity contribution in [3.05, 3.63) is 72.2 Å². The average molecular weight is 490 g/mol. The molecular weight excluding hydrogens is 454 g/mol. The van der Waals surface area contributed by atoms with Crippen LogP contribution in [0.3, 0.4) is 0 Å². The maximum Gasteiger partial charge on any atom is 0.311 e. The van der Waals surface area contributed by atoms with Crippen LogP contribution < -0.4 is 11.2 Å². The Morgan fingerprint density at radius 2 is 2.03 bits per heavy atom. The van der Waals surface area contributed by atoms with Gasteiger partial charge < -0.3 is 20.9 Å². The number of aromatic nitrogens is 2. The van der Waals surface area contributed by atoms with Crippen LogP contribution in [0.1, 0.15) is 56.7 Å². The Kier molecular flexibility index (Phi) is 8.20. The lowest BCUT2D eigenvalue weighted by atomic mass is 9.83. The van der Waals surface area contributed by atoms with Gasteiger partial charge in [0.05, 0.1) is 47.7 Å². The van der Waals surface area contributed by atoms with Gasteiger partial charge in [-0.3, -0.25) is 4.79 Å². The third-order valence-electron chi connectivity index (χ3n) is 6.86. The Labute approximate surface area is 211 Å². The van der Waals surface area contributed by atoms with Gasteiger partial charge in [0.15, 0.2) is 0 Å². The number of nitrogens with one attached hydrogen (secondary N) is 2. The largest absolute Gasteiger partial charge is 0.466 e. The molecule has 1 heterocycles. The number of hydrogen-bond donors (Lipinski definition) is 3. The van der Waals surface area contributed by atoms with E-state index < -0.39 is 0 Å². The smallest absolute Gasteiger partial charge is 0.311 e. The van der Waals surface area contributed by atoms with E-state index in [1.54, 1.807) is 11.3 Å². The minimum absolute atomic E-state index is 0.215. The summed E-state index contributed by atoms with van der Waals surface area (Å²) in [5.41, 5.74) is 5.61. The zero-order chi connectivity index (χ0) is 25.5. The molecule has 3 aromatic rings. The van der Waals surface area contributed by atoms with Crippen molar-refractivity contribution in [3.63, 3.8) is 0 Å². The standard InChI is InChI=1S/C27H35N7O2/c1-4-19-10-12-20(13-11-19)26(31-21-14-15-23-24(16-21)30-17-29-23)18(3)34(33-32-28)25-9-7-6-8-22(25)27(35)36-5-2/h10-17,22,25-26,31H,3-9H2,1-2H3,(H2,28,33)(H,29,30). The van der Waals surface area contributed by atoms with Crippen molar-refractivity contribution >= 4 is 22.7 Å². The van der Waals surface area contributed by atoms with Crippen LogP contribution in [0.25, 0.3) is 11.0 Å². The molecule has 9 nitrogen and oxygen atoms in total.